The van der Waals surface area contributed by atoms with E-state index in [9.17, 15) is 18.0 Å². The Balaban J connectivity index is 0.000000878. The van der Waals surface area contributed by atoms with Crippen LogP contribution in [-0.2, 0) is 17.8 Å². The molecule has 8 heteroatoms. The van der Waals surface area contributed by atoms with E-state index in [2.05, 4.69) is 18.8 Å². The largest absolute Gasteiger partial charge is 0.482 e. The Labute approximate surface area is 164 Å². The van der Waals surface area contributed by atoms with E-state index < -0.39 is 12.8 Å². The number of hydrogen-bond acceptors (Lipinski definition) is 4. The van der Waals surface area contributed by atoms with Crippen LogP contribution in [0.4, 0.5) is 13.2 Å². The molecule has 158 valence electrons. The van der Waals surface area contributed by atoms with E-state index in [4.69, 9.17) is 10.5 Å². The molecule has 2 N–H and O–H groups in total. The van der Waals surface area contributed by atoms with Gasteiger partial charge in [-0.1, -0.05) is 20.3 Å². The number of hydrogen-bond donors (Lipinski definition) is 1. The summed E-state index contributed by atoms with van der Waals surface area (Å²) < 4.78 is 41.6. The quantitative estimate of drug-likeness (QED) is 0.836. The highest BCUT2D eigenvalue weighted by molar-refractivity contribution is 5.79. The van der Waals surface area contributed by atoms with E-state index >= 15 is 0 Å². The first-order chi connectivity index (χ1) is 13.2. The van der Waals surface area contributed by atoms with Crippen molar-refractivity contribution in [3.63, 3.8) is 0 Å². The van der Waals surface area contributed by atoms with Crippen LogP contribution in [0.25, 0.3) is 0 Å². The van der Waals surface area contributed by atoms with Crippen molar-refractivity contribution in [3.8, 4) is 5.75 Å². The SMILES string of the molecule is CCC.NC1CCC(C(=O)N2CCc3ncc(OCC(F)(F)F)cc3C2)CC1. The second kappa shape index (κ2) is 10.1. The monoisotopic (exact) mass is 401 g/mol. The summed E-state index contributed by atoms with van der Waals surface area (Å²) in [5.41, 5.74) is 7.46. The predicted octanol–water partition coefficient (Wildman–Crippen LogP) is 3.84. The van der Waals surface area contributed by atoms with Gasteiger partial charge in [-0.25, -0.2) is 0 Å². The number of carbonyl (C=O) groups excluding carboxylic acids is 1. The molecule has 3 rings (SSSR count). The molecule has 1 saturated carbocycles. The fraction of sp³-hybridized carbons (Fsp3) is 0.700. The predicted molar refractivity (Wildman–Crippen MR) is 101 cm³/mol. The lowest BCUT2D eigenvalue weighted by atomic mass is 9.85. The molecule has 28 heavy (non-hydrogen) atoms. The zero-order chi connectivity index (χ0) is 20.7. The van der Waals surface area contributed by atoms with E-state index in [1.807, 2.05) is 0 Å². The van der Waals surface area contributed by atoms with Gasteiger partial charge in [-0.05, 0) is 37.3 Å². The zero-order valence-corrected chi connectivity index (χ0v) is 16.6. The Morgan fingerprint density at radius 3 is 2.54 bits per heavy atom. The highest BCUT2D eigenvalue weighted by Gasteiger charge is 2.31. The number of nitrogens with zero attached hydrogens (tertiary/aromatic N) is 2. The lowest BCUT2D eigenvalue weighted by Gasteiger charge is -2.33. The topological polar surface area (TPSA) is 68.5 Å². The molecule has 0 unspecified atom stereocenters. The van der Waals surface area contributed by atoms with E-state index in [1.54, 1.807) is 11.0 Å². The zero-order valence-electron chi connectivity index (χ0n) is 16.6. The van der Waals surface area contributed by atoms with Crippen LogP contribution in [0.1, 0.15) is 57.2 Å². The van der Waals surface area contributed by atoms with Gasteiger partial charge >= 0.3 is 6.18 Å². The van der Waals surface area contributed by atoms with Gasteiger partial charge in [-0.15, -0.1) is 0 Å². The van der Waals surface area contributed by atoms with E-state index in [0.29, 0.717) is 19.5 Å². The highest BCUT2D eigenvalue weighted by Crippen LogP contribution is 2.28. The molecule has 1 amide bonds. The van der Waals surface area contributed by atoms with Crippen molar-refractivity contribution in [2.24, 2.45) is 11.7 Å². The molecule has 0 spiro atoms. The number of carbonyl (C=O) groups is 1. The summed E-state index contributed by atoms with van der Waals surface area (Å²) in [6.45, 7) is 3.86. The number of alkyl halides is 3. The van der Waals surface area contributed by atoms with Gasteiger partial charge < -0.3 is 15.4 Å². The molecule has 5 nitrogen and oxygen atoms in total. The molecule has 0 saturated heterocycles. The summed E-state index contributed by atoms with van der Waals surface area (Å²) in [5, 5.41) is 0. The molecule has 1 fully saturated rings. The summed E-state index contributed by atoms with van der Waals surface area (Å²) >= 11 is 0. The van der Waals surface area contributed by atoms with Gasteiger partial charge in [0.05, 0.1) is 6.20 Å². The van der Waals surface area contributed by atoms with Crippen LogP contribution in [0.5, 0.6) is 5.75 Å². The Kier molecular flexibility index (Phi) is 8.10. The van der Waals surface area contributed by atoms with Crippen molar-refractivity contribution < 1.29 is 22.7 Å². The number of aromatic nitrogens is 1. The summed E-state index contributed by atoms with van der Waals surface area (Å²) in [5.74, 6) is 0.187. The number of pyridine rings is 1. The third-order valence-corrected chi connectivity index (χ3v) is 4.85. The maximum Gasteiger partial charge on any atom is 0.422 e. The van der Waals surface area contributed by atoms with E-state index in [0.717, 1.165) is 36.9 Å². The summed E-state index contributed by atoms with van der Waals surface area (Å²) in [6.07, 6.45) is 2.10. The third-order valence-electron chi connectivity index (χ3n) is 4.85. The maximum atomic E-state index is 12.7. The molecule has 1 aliphatic carbocycles. The molecule has 1 aromatic rings. The normalized spacial score (nSPS) is 22.0. The van der Waals surface area contributed by atoms with Crippen LogP contribution in [0, 0.1) is 5.92 Å². The van der Waals surface area contributed by atoms with E-state index in [-0.39, 0.29) is 23.6 Å². The second-order valence-electron chi connectivity index (χ2n) is 7.51. The average molecular weight is 401 g/mol. The van der Waals surface area contributed by atoms with Crippen LogP contribution in [0.2, 0.25) is 0 Å². The Morgan fingerprint density at radius 1 is 1.29 bits per heavy atom. The standard InChI is InChI=1S/C17H22F3N3O2.C3H8/c18-17(19,20)10-25-14-7-12-9-23(6-5-15(12)22-8-14)16(24)11-1-3-13(21)4-2-11;1-3-2/h7-8,11,13H,1-6,9-10,21H2;3H2,1-2H3. The minimum Gasteiger partial charge on any atom is -0.482 e. The maximum absolute atomic E-state index is 12.7. The number of rotatable bonds is 3. The number of ether oxygens (including phenoxy) is 1. The Hall–Kier alpha value is -1.83. The minimum absolute atomic E-state index is 0.000953. The lowest BCUT2D eigenvalue weighted by molar-refractivity contribution is -0.153. The Bertz CT molecular complexity index is 644. The first-order valence-electron chi connectivity index (χ1n) is 9.95. The average Bonchev–Trinajstić information content (AvgIpc) is 2.66. The minimum atomic E-state index is -4.39. The van der Waals surface area contributed by atoms with Crippen LogP contribution in [0.15, 0.2) is 12.3 Å². The van der Waals surface area contributed by atoms with Crippen LogP contribution in [0.3, 0.4) is 0 Å². The molecule has 0 radical (unpaired) electrons. The fourth-order valence-electron chi connectivity index (χ4n) is 3.46. The molecule has 0 atom stereocenters. The summed E-state index contributed by atoms with van der Waals surface area (Å²) in [7, 11) is 0. The van der Waals surface area contributed by atoms with Crippen LogP contribution in [-0.4, -0.2) is 41.2 Å². The number of fused-ring (bicyclic) bond motifs is 1. The fourth-order valence-corrected chi connectivity index (χ4v) is 3.46. The van der Waals surface area contributed by atoms with Crippen molar-refractivity contribution in [2.45, 2.75) is 71.1 Å². The molecular formula is C20H30F3N3O2. The van der Waals surface area contributed by atoms with Gasteiger partial charge in [0.15, 0.2) is 6.61 Å². The van der Waals surface area contributed by atoms with Gasteiger partial charge in [0.25, 0.3) is 0 Å². The van der Waals surface area contributed by atoms with Crippen molar-refractivity contribution in [3.05, 3.63) is 23.5 Å². The van der Waals surface area contributed by atoms with Gasteiger partial charge in [-0.3, -0.25) is 9.78 Å². The van der Waals surface area contributed by atoms with Crippen molar-refractivity contribution in [1.82, 2.24) is 9.88 Å². The molecule has 1 aromatic heterocycles. The first-order valence-corrected chi connectivity index (χ1v) is 9.95. The summed E-state index contributed by atoms with van der Waals surface area (Å²) in [6, 6.07) is 1.74. The molecular weight excluding hydrogens is 371 g/mol. The number of nitrogens with two attached hydrogens (primary N) is 1. The molecule has 0 bridgehead atoms. The number of amides is 1. The van der Waals surface area contributed by atoms with Crippen molar-refractivity contribution in [2.75, 3.05) is 13.2 Å². The van der Waals surface area contributed by atoms with Crippen molar-refractivity contribution >= 4 is 5.91 Å². The number of halogens is 3. The van der Waals surface area contributed by atoms with Gasteiger partial charge in [0.1, 0.15) is 5.75 Å². The van der Waals surface area contributed by atoms with E-state index in [1.165, 1.54) is 12.6 Å². The van der Waals surface area contributed by atoms with Gasteiger partial charge in [0.2, 0.25) is 5.91 Å². The van der Waals surface area contributed by atoms with Crippen LogP contribution < -0.4 is 10.5 Å². The van der Waals surface area contributed by atoms with Crippen molar-refractivity contribution in [1.29, 1.82) is 0 Å². The lowest BCUT2D eigenvalue weighted by Crippen LogP contribution is -2.42. The highest BCUT2D eigenvalue weighted by atomic mass is 19.4. The molecule has 0 aromatic carbocycles. The Morgan fingerprint density at radius 2 is 1.93 bits per heavy atom. The van der Waals surface area contributed by atoms with Gasteiger partial charge in [0, 0.05) is 37.2 Å². The van der Waals surface area contributed by atoms with Crippen LogP contribution >= 0.6 is 0 Å². The molecule has 1 aliphatic heterocycles. The summed E-state index contributed by atoms with van der Waals surface area (Å²) in [4.78, 5) is 18.7. The smallest absolute Gasteiger partial charge is 0.422 e. The van der Waals surface area contributed by atoms with Gasteiger partial charge in [-0.2, -0.15) is 13.2 Å². The first kappa shape index (κ1) is 22.5. The third kappa shape index (κ3) is 6.65. The molecule has 2 aliphatic rings. The molecule has 2 heterocycles. The second-order valence-corrected chi connectivity index (χ2v) is 7.51.